The van der Waals surface area contributed by atoms with Crippen molar-refractivity contribution < 1.29 is 13.2 Å². The molecule has 3 aliphatic rings. The molecule has 0 radical (unpaired) electrons. The summed E-state index contributed by atoms with van der Waals surface area (Å²) in [7, 11) is -1.89. The van der Waals surface area contributed by atoms with Gasteiger partial charge in [0.25, 0.3) is 5.91 Å². The van der Waals surface area contributed by atoms with Crippen LogP contribution in [0, 0.1) is 0 Å². The minimum Gasteiger partial charge on any atom is -0.311 e. The quantitative estimate of drug-likeness (QED) is 0.829. The molecule has 0 aromatic heterocycles. The lowest BCUT2D eigenvalue weighted by atomic mass is 10.1. The van der Waals surface area contributed by atoms with Crippen molar-refractivity contribution in [1.82, 2.24) is 9.62 Å². The van der Waals surface area contributed by atoms with E-state index < -0.39 is 10.0 Å². The largest absolute Gasteiger partial charge is 0.311 e. The van der Waals surface area contributed by atoms with E-state index in [0.717, 1.165) is 30.3 Å². The van der Waals surface area contributed by atoms with E-state index in [1.807, 2.05) is 6.07 Å². The summed E-state index contributed by atoms with van der Waals surface area (Å²) in [4.78, 5) is 14.3. The fourth-order valence-electron chi connectivity index (χ4n) is 4.60. The molecule has 1 amide bonds. The van der Waals surface area contributed by atoms with Crippen LogP contribution in [-0.4, -0.2) is 50.9 Å². The van der Waals surface area contributed by atoms with E-state index in [1.54, 1.807) is 40.5 Å². The molecular formula is C19H22ClN3O3S. The summed E-state index contributed by atoms with van der Waals surface area (Å²) in [6.07, 6.45) is 3.01. The molecular weight excluding hydrogens is 386 g/mol. The Labute approximate surface area is 165 Å². The highest BCUT2D eigenvalue weighted by molar-refractivity contribution is 7.89. The minimum absolute atomic E-state index is 0. The Morgan fingerprint density at radius 1 is 1.07 bits per heavy atom. The maximum absolute atomic E-state index is 13.4. The van der Waals surface area contributed by atoms with Gasteiger partial charge in [-0.1, -0.05) is 12.1 Å². The summed E-state index contributed by atoms with van der Waals surface area (Å²) in [6, 6.07) is 9.42. The van der Waals surface area contributed by atoms with E-state index >= 15 is 0 Å². The standard InChI is InChI=1S/C19H21N3O3S.ClH/c1-21-16-7-8-17(14-3-2-4-15(18(14)16)19(21)23)26(24,25)22-10-9-12-5-6-13(11-22)20-12;/h2-4,7-8,12-13,20H,5-6,9-11H2,1H3;1H. The van der Waals surface area contributed by atoms with E-state index in [-0.39, 0.29) is 24.4 Å². The number of benzene rings is 2. The lowest BCUT2D eigenvalue weighted by molar-refractivity contribution is 0.0999. The van der Waals surface area contributed by atoms with Gasteiger partial charge in [-0.05, 0) is 37.5 Å². The third-order valence-corrected chi connectivity index (χ3v) is 7.90. The molecule has 8 heteroatoms. The molecule has 0 aliphatic carbocycles. The minimum atomic E-state index is -3.61. The predicted octanol–water partition coefficient (Wildman–Crippen LogP) is 2.37. The monoisotopic (exact) mass is 407 g/mol. The van der Waals surface area contributed by atoms with Crippen LogP contribution in [0.15, 0.2) is 35.2 Å². The van der Waals surface area contributed by atoms with Crippen molar-refractivity contribution in [2.45, 2.75) is 36.2 Å². The third-order valence-electron chi connectivity index (χ3n) is 5.98. The molecule has 144 valence electrons. The molecule has 2 fully saturated rings. The number of carbonyl (C=O) groups is 1. The molecule has 2 atom stereocenters. The molecule has 2 aromatic rings. The van der Waals surface area contributed by atoms with Crippen LogP contribution in [0.1, 0.15) is 29.6 Å². The lowest BCUT2D eigenvalue weighted by Crippen LogP contribution is -2.39. The number of anilines is 1. The normalized spacial score (nSPS) is 24.9. The highest BCUT2D eigenvalue weighted by atomic mass is 35.5. The van der Waals surface area contributed by atoms with Crippen LogP contribution in [-0.2, 0) is 10.0 Å². The number of nitrogens with one attached hydrogen (secondary N) is 1. The first-order chi connectivity index (χ1) is 12.5. The van der Waals surface area contributed by atoms with Crippen molar-refractivity contribution in [2.24, 2.45) is 0 Å². The maximum Gasteiger partial charge on any atom is 0.258 e. The Bertz CT molecular complexity index is 1040. The van der Waals surface area contributed by atoms with E-state index in [2.05, 4.69) is 5.32 Å². The second-order valence-corrected chi connectivity index (χ2v) is 9.37. The topological polar surface area (TPSA) is 69.7 Å². The Morgan fingerprint density at radius 2 is 1.85 bits per heavy atom. The average Bonchev–Trinajstić information content (AvgIpc) is 3.08. The van der Waals surface area contributed by atoms with Crippen molar-refractivity contribution in [3.05, 3.63) is 35.9 Å². The molecule has 0 saturated carbocycles. The molecule has 1 N–H and O–H groups in total. The number of halogens is 1. The fourth-order valence-corrected chi connectivity index (χ4v) is 6.29. The number of carbonyl (C=O) groups excluding carboxylic acids is 1. The van der Waals surface area contributed by atoms with Gasteiger partial charge in [-0.3, -0.25) is 4.79 Å². The van der Waals surface area contributed by atoms with Crippen molar-refractivity contribution >= 4 is 44.8 Å². The van der Waals surface area contributed by atoms with Crippen molar-refractivity contribution in [1.29, 1.82) is 0 Å². The van der Waals surface area contributed by atoms with Crippen LogP contribution in [0.3, 0.4) is 0 Å². The van der Waals surface area contributed by atoms with E-state index in [4.69, 9.17) is 0 Å². The Kier molecular flexibility index (Phi) is 4.46. The molecule has 27 heavy (non-hydrogen) atoms. The highest BCUT2D eigenvalue weighted by Gasteiger charge is 2.37. The van der Waals surface area contributed by atoms with Crippen LogP contribution < -0.4 is 10.2 Å². The van der Waals surface area contributed by atoms with Gasteiger partial charge in [0.05, 0.1) is 10.6 Å². The van der Waals surface area contributed by atoms with Gasteiger partial charge in [0.2, 0.25) is 10.0 Å². The van der Waals surface area contributed by atoms with E-state index in [0.29, 0.717) is 35.0 Å². The predicted molar refractivity (Wildman–Crippen MR) is 107 cm³/mol. The third kappa shape index (κ3) is 2.68. The smallest absolute Gasteiger partial charge is 0.258 e. The van der Waals surface area contributed by atoms with Gasteiger partial charge in [-0.25, -0.2) is 8.42 Å². The zero-order chi connectivity index (χ0) is 18.1. The average molecular weight is 408 g/mol. The molecule has 0 spiro atoms. The van der Waals surface area contributed by atoms with Crippen molar-refractivity contribution in [2.75, 3.05) is 25.0 Å². The molecule has 6 nitrogen and oxygen atoms in total. The molecule has 3 heterocycles. The summed E-state index contributed by atoms with van der Waals surface area (Å²) in [5, 5.41) is 4.91. The number of rotatable bonds is 2. The lowest BCUT2D eigenvalue weighted by Gasteiger charge is -2.24. The summed E-state index contributed by atoms with van der Waals surface area (Å²) in [6.45, 7) is 1.05. The van der Waals surface area contributed by atoms with Crippen molar-refractivity contribution in [3.8, 4) is 0 Å². The SMILES string of the molecule is CN1C(=O)c2cccc3c(S(=O)(=O)N4CCC5CCC(C4)N5)ccc1c23.Cl. The van der Waals surface area contributed by atoms with Gasteiger partial charge in [0, 0.05) is 48.6 Å². The molecule has 3 aliphatic heterocycles. The molecule has 2 unspecified atom stereocenters. The molecule has 2 saturated heterocycles. The first-order valence-corrected chi connectivity index (χ1v) is 10.5. The Balaban J connectivity index is 0.00000180. The van der Waals surface area contributed by atoms with E-state index in [1.165, 1.54) is 0 Å². The number of hydrogen-bond donors (Lipinski definition) is 1. The Morgan fingerprint density at radius 3 is 2.67 bits per heavy atom. The first-order valence-electron chi connectivity index (χ1n) is 9.07. The van der Waals surface area contributed by atoms with Crippen LogP contribution >= 0.6 is 12.4 Å². The Hall–Kier alpha value is -1.67. The highest BCUT2D eigenvalue weighted by Crippen LogP contribution is 2.40. The summed E-state index contributed by atoms with van der Waals surface area (Å²) >= 11 is 0. The zero-order valence-corrected chi connectivity index (χ0v) is 16.6. The van der Waals surface area contributed by atoms with Crippen LogP contribution in [0.25, 0.3) is 10.8 Å². The van der Waals surface area contributed by atoms with Crippen LogP contribution in [0.2, 0.25) is 0 Å². The molecule has 2 aromatic carbocycles. The van der Waals surface area contributed by atoms with E-state index in [9.17, 15) is 13.2 Å². The number of nitrogens with zero attached hydrogens (tertiary/aromatic N) is 2. The van der Waals surface area contributed by atoms with Gasteiger partial charge >= 0.3 is 0 Å². The van der Waals surface area contributed by atoms with Gasteiger partial charge < -0.3 is 10.2 Å². The summed E-state index contributed by atoms with van der Waals surface area (Å²) in [5.41, 5.74) is 1.35. The second-order valence-electron chi connectivity index (χ2n) is 7.46. The van der Waals surface area contributed by atoms with Gasteiger partial charge in [0.1, 0.15) is 0 Å². The van der Waals surface area contributed by atoms with Gasteiger partial charge in [-0.15, -0.1) is 12.4 Å². The fraction of sp³-hybridized carbons (Fsp3) is 0.421. The maximum atomic E-state index is 13.4. The van der Waals surface area contributed by atoms with Crippen molar-refractivity contribution in [3.63, 3.8) is 0 Å². The zero-order valence-electron chi connectivity index (χ0n) is 15.0. The van der Waals surface area contributed by atoms with Gasteiger partial charge in [-0.2, -0.15) is 4.31 Å². The number of hydrogen-bond acceptors (Lipinski definition) is 4. The number of sulfonamides is 1. The van der Waals surface area contributed by atoms with Gasteiger partial charge in [0.15, 0.2) is 0 Å². The molecule has 5 rings (SSSR count). The first kappa shape index (κ1) is 18.7. The number of amides is 1. The summed E-state index contributed by atoms with van der Waals surface area (Å²) < 4.78 is 28.5. The summed E-state index contributed by atoms with van der Waals surface area (Å²) in [5.74, 6) is -0.0866. The molecule has 2 bridgehead atoms. The number of fused-ring (bicyclic) bond motifs is 2. The second kappa shape index (κ2) is 6.44. The van der Waals surface area contributed by atoms with Crippen LogP contribution in [0.5, 0.6) is 0 Å². The van der Waals surface area contributed by atoms with Crippen LogP contribution in [0.4, 0.5) is 5.69 Å².